The summed E-state index contributed by atoms with van der Waals surface area (Å²) < 4.78 is 0. The molecule has 1 nitrogen and oxygen atoms in total. The molecule has 1 N–H and O–H groups in total. The number of aliphatic hydroxyl groups is 1. The van der Waals surface area contributed by atoms with E-state index in [-0.39, 0.29) is 5.92 Å². The van der Waals surface area contributed by atoms with Gasteiger partial charge in [-0.25, -0.2) is 0 Å². The molecule has 3 unspecified atom stereocenters. The minimum absolute atomic E-state index is 0.235. The Morgan fingerprint density at radius 1 is 1.00 bits per heavy atom. The van der Waals surface area contributed by atoms with Gasteiger partial charge >= 0.3 is 0 Å². The molecular weight excluding hydrogens is 279 g/mol. The maximum absolute atomic E-state index is 10.5. The zero-order valence-electron chi connectivity index (χ0n) is 10.3. The van der Waals surface area contributed by atoms with Crippen molar-refractivity contribution in [3.05, 3.63) is 69.7 Å². The van der Waals surface area contributed by atoms with Crippen LogP contribution in [0.3, 0.4) is 0 Å². The van der Waals surface area contributed by atoms with E-state index in [0.29, 0.717) is 16.0 Å². The van der Waals surface area contributed by atoms with Crippen LogP contribution >= 0.6 is 23.2 Å². The predicted molar refractivity (Wildman–Crippen MR) is 78.7 cm³/mol. The summed E-state index contributed by atoms with van der Waals surface area (Å²) in [7, 11) is 0. The fourth-order valence-electron chi connectivity index (χ4n) is 2.63. The third-order valence-electron chi connectivity index (χ3n) is 3.77. The molecule has 19 heavy (non-hydrogen) atoms. The van der Waals surface area contributed by atoms with Crippen LogP contribution in [0.25, 0.3) is 0 Å². The van der Waals surface area contributed by atoms with Crippen LogP contribution in [-0.2, 0) is 0 Å². The van der Waals surface area contributed by atoms with Crippen molar-refractivity contribution in [3.8, 4) is 0 Å². The second kappa shape index (κ2) is 5.16. The fourth-order valence-corrected chi connectivity index (χ4v) is 3.05. The lowest BCUT2D eigenvalue weighted by atomic mass is 10.0. The van der Waals surface area contributed by atoms with Crippen molar-refractivity contribution >= 4 is 23.2 Å². The molecule has 3 heteroatoms. The summed E-state index contributed by atoms with van der Waals surface area (Å²) in [6, 6.07) is 15.7. The van der Waals surface area contributed by atoms with E-state index in [2.05, 4.69) is 12.1 Å². The van der Waals surface area contributed by atoms with Crippen molar-refractivity contribution < 1.29 is 5.11 Å². The lowest BCUT2D eigenvalue weighted by Crippen LogP contribution is -2.02. The van der Waals surface area contributed by atoms with Gasteiger partial charge in [-0.3, -0.25) is 0 Å². The van der Waals surface area contributed by atoms with E-state index in [1.807, 2.05) is 30.3 Å². The first-order chi connectivity index (χ1) is 9.18. The summed E-state index contributed by atoms with van der Waals surface area (Å²) in [5.74, 6) is 0.657. The van der Waals surface area contributed by atoms with Crippen LogP contribution in [0.4, 0.5) is 0 Å². The number of hydrogen-bond acceptors (Lipinski definition) is 1. The van der Waals surface area contributed by atoms with E-state index in [1.54, 1.807) is 6.07 Å². The molecule has 0 heterocycles. The molecule has 2 aromatic carbocycles. The van der Waals surface area contributed by atoms with Crippen molar-refractivity contribution in [1.29, 1.82) is 0 Å². The van der Waals surface area contributed by atoms with Crippen LogP contribution in [0.15, 0.2) is 48.5 Å². The zero-order chi connectivity index (χ0) is 13.4. The zero-order valence-corrected chi connectivity index (χ0v) is 11.8. The Labute approximate surface area is 122 Å². The molecule has 0 radical (unpaired) electrons. The molecule has 1 saturated carbocycles. The molecule has 98 valence electrons. The summed E-state index contributed by atoms with van der Waals surface area (Å²) >= 11 is 12.2. The van der Waals surface area contributed by atoms with Gasteiger partial charge in [-0.2, -0.15) is 0 Å². The topological polar surface area (TPSA) is 20.2 Å². The highest BCUT2D eigenvalue weighted by Gasteiger charge is 2.44. The molecule has 0 amide bonds. The monoisotopic (exact) mass is 292 g/mol. The smallest absolute Gasteiger partial charge is 0.0839 e. The Kier molecular flexibility index (Phi) is 3.53. The molecule has 0 spiro atoms. The average Bonchev–Trinajstić information content (AvgIpc) is 3.22. The maximum Gasteiger partial charge on any atom is 0.0839 e. The Morgan fingerprint density at radius 3 is 2.47 bits per heavy atom. The van der Waals surface area contributed by atoms with Crippen molar-refractivity contribution in [2.24, 2.45) is 5.92 Å². The Balaban J connectivity index is 1.80. The van der Waals surface area contributed by atoms with E-state index in [4.69, 9.17) is 23.2 Å². The van der Waals surface area contributed by atoms with Crippen LogP contribution in [0.2, 0.25) is 10.0 Å². The van der Waals surface area contributed by atoms with Crippen LogP contribution in [0, 0.1) is 5.92 Å². The summed E-state index contributed by atoms with van der Waals surface area (Å²) in [6.45, 7) is 0. The van der Waals surface area contributed by atoms with Crippen molar-refractivity contribution in [2.45, 2.75) is 18.4 Å². The van der Waals surface area contributed by atoms with E-state index >= 15 is 0 Å². The molecule has 1 aliphatic rings. The lowest BCUT2D eigenvalue weighted by molar-refractivity contribution is 0.151. The van der Waals surface area contributed by atoms with E-state index in [9.17, 15) is 5.11 Å². The van der Waals surface area contributed by atoms with Crippen molar-refractivity contribution in [3.63, 3.8) is 0 Å². The van der Waals surface area contributed by atoms with Gasteiger partial charge < -0.3 is 5.11 Å². The third kappa shape index (κ3) is 2.51. The summed E-state index contributed by atoms with van der Waals surface area (Å²) in [6.07, 6.45) is 0.449. The average molecular weight is 293 g/mol. The molecule has 1 aliphatic carbocycles. The van der Waals surface area contributed by atoms with Gasteiger partial charge in [0.25, 0.3) is 0 Å². The molecule has 2 aromatic rings. The first-order valence-corrected chi connectivity index (χ1v) is 7.11. The van der Waals surface area contributed by atoms with Gasteiger partial charge in [-0.15, -0.1) is 0 Å². The lowest BCUT2D eigenvalue weighted by Gasteiger charge is -2.13. The number of hydrogen-bond donors (Lipinski definition) is 1. The highest BCUT2D eigenvalue weighted by Crippen LogP contribution is 2.55. The minimum Gasteiger partial charge on any atom is -0.388 e. The maximum atomic E-state index is 10.5. The summed E-state index contributed by atoms with van der Waals surface area (Å²) in [5, 5.41) is 11.4. The number of rotatable bonds is 3. The summed E-state index contributed by atoms with van der Waals surface area (Å²) in [5.41, 5.74) is 2.02. The molecular formula is C16H14Cl2O. The first-order valence-electron chi connectivity index (χ1n) is 6.35. The van der Waals surface area contributed by atoms with E-state index in [1.165, 1.54) is 5.56 Å². The highest BCUT2D eigenvalue weighted by molar-refractivity contribution is 6.42. The predicted octanol–water partition coefficient (Wildman–Crippen LogP) is 4.83. The van der Waals surface area contributed by atoms with Crippen molar-refractivity contribution in [1.82, 2.24) is 0 Å². The van der Waals surface area contributed by atoms with Crippen LogP contribution < -0.4 is 0 Å². The number of halogens is 2. The SMILES string of the molecule is OC(c1cccc(Cl)c1Cl)C1CC1c1ccccc1. The quantitative estimate of drug-likeness (QED) is 0.859. The standard InChI is InChI=1S/C16H14Cl2O/c17-14-8-4-7-11(15(14)18)16(19)13-9-12(13)10-5-2-1-3-6-10/h1-8,12-13,16,19H,9H2. The first kappa shape index (κ1) is 13.0. The van der Waals surface area contributed by atoms with Gasteiger partial charge in [-0.05, 0) is 29.9 Å². The molecule has 0 bridgehead atoms. The van der Waals surface area contributed by atoms with Crippen LogP contribution in [0.5, 0.6) is 0 Å². The second-order valence-corrected chi connectivity index (χ2v) is 5.79. The molecule has 1 fully saturated rings. The molecule has 0 aliphatic heterocycles. The third-order valence-corrected chi connectivity index (χ3v) is 4.61. The van der Waals surface area contributed by atoms with Gasteiger partial charge in [0, 0.05) is 5.56 Å². The van der Waals surface area contributed by atoms with E-state index in [0.717, 1.165) is 12.0 Å². The Morgan fingerprint density at radius 2 is 1.74 bits per heavy atom. The molecule has 3 rings (SSSR count). The van der Waals surface area contributed by atoms with Gasteiger partial charge in [-0.1, -0.05) is 65.7 Å². The van der Waals surface area contributed by atoms with Gasteiger partial charge in [0.1, 0.15) is 0 Å². The fraction of sp³-hybridized carbons (Fsp3) is 0.250. The minimum atomic E-state index is -0.545. The Bertz CT molecular complexity index is 583. The molecule has 0 aromatic heterocycles. The molecule has 3 atom stereocenters. The van der Waals surface area contributed by atoms with Gasteiger partial charge in [0.2, 0.25) is 0 Å². The largest absolute Gasteiger partial charge is 0.388 e. The molecule has 0 saturated heterocycles. The van der Waals surface area contributed by atoms with Gasteiger partial charge in [0.05, 0.1) is 16.1 Å². The van der Waals surface area contributed by atoms with Gasteiger partial charge in [0.15, 0.2) is 0 Å². The highest BCUT2D eigenvalue weighted by atomic mass is 35.5. The number of benzene rings is 2. The summed E-state index contributed by atoms with van der Waals surface area (Å²) in [4.78, 5) is 0. The normalized spacial score (nSPS) is 23.1. The van der Waals surface area contributed by atoms with Crippen molar-refractivity contribution in [2.75, 3.05) is 0 Å². The number of aliphatic hydroxyl groups excluding tert-OH is 1. The van der Waals surface area contributed by atoms with Crippen LogP contribution in [-0.4, -0.2) is 5.11 Å². The second-order valence-electron chi connectivity index (χ2n) is 5.00. The van der Waals surface area contributed by atoms with Crippen LogP contribution in [0.1, 0.15) is 29.6 Å². The Hall–Kier alpha value is -1.02. The van der Waals surface area contributed by atoms with E-state index < -0.39 is 6.10 Å².